The summed E-state index contributed by atoms with van der Waals surface area (Å²) in [6, 6.07) is 9.68. The van der Waals surface area contributed by atoms with Crippen LogP contribution < -0.4 is 4.90 Å². The summed E-state index contributed by atoms with van der Waals surface area (Å²) in [7, 11) is 0. The quantitative estimate of drug-likeness (QED) is 0.738. The van der Waals surface area contributed by atoms with Crippen molar-refractivity contribution in [2.24, 2.45) is 0 Å². The molecule has 3 nitrogen and oxygen atoms in total. The van der Waals surface area contributed by atoms with Crippen LogP contribution >= 0.6 is 0 Å². The highest BCUT2D eigenvalue weighted by atomic mass is 15.1. The molecule has 1 saturated heterocycles. The second kappa shape index (κ2) is 5.37. The average molecular weight is 225 g/mol. The summed E-state index contributed by atoms with van der Waals surface area (Å²) in [5.74, 6) is 0. The fourth-order valence-electron chi connectivity index (χ4n) is 2.25. The molecule has 1 aromatic carbocycles. The summed E-state index contributed by atoms with van der Waals surface area (Å²) >= 11 is 0. The molecule has 1 aliphatic rings. The largest absolute Gasteiger partial charge is 0.371 e. The normalized spacial score (nSPS) is 15.8. The van der Waals surface area contributed by atoms with E-state index in [2.05, 4.69) is 11.0 Å². The fourth-order valence-corrected chi connectivity index (χ4v) is 2.25. The Hall–Kier alpha value is -2.00. The molecule has 0 radical (unpaired) electrons. The molecule has 0 aromatic heterocycles. The molecule has 0 saturated carbocycles. The van der Waals surface area contributed by atoms with Crippen LogP contribution in [-0.2, 0) is 0 Å². The summed E-state index contributed by atoms with van der Waals surface area (Å²) < 4.78 is 0. The van der Waals surface area contributed by atoms with Crippen molar-refractivity contribution in [1.29, 1.82) is 10.5 Å². The van der Waals surface area contributed by atoms with Crippen LogP contribution in [0.2, 0.25) is 0 Å². The van der Waals surface area contributed by atoms with E-state index in [4.69, 9.17) is 10.5 Å². The zero-order valence-electron chi connectivity index (χ0n) is 9.82. The van der Waals surface area contributed by atoms with Gasteiger partial charge in [0.25, 0.3) is 0 Å². The molecule has 2 rings (SSSR count). The topological polar surface area (TPSA) is 50.8 Å². The second-order valence-electron chi connectivity index (χ2n) is 4.35. The van der Waals surface area contributed by atoms with Crippen molar-refractivity contribution < 1.29 is 0 Å². The molecule has 0 atom stereocenters. The first-order valence-electron chi connectivity index (χ1n) is 6.04. The highest BCUT2D eigenvalue weighted by Crippen LogP contribution is 2.22. The molecule has 3 heteroatoms. The molecule has 1 aromatic rings. The van der Waals surface area contributed by atoms with Crippen LogP contribution in [0.1, 0.15) is 36.8 Å². The Labute approximate surface area is 102 Å². The van der Waals surface area contributed by atoms with Gasteiger partial charge in [-0.05, 0) is 31.0 Å². The van der Waals surface area contributed by atoms with Crippen LogP contribution in [0.25, 0.3) is 0 Å². The maximum atomic E-state index is 9.01. The molecule has 0 N–H and O–H groups in total. The Morgan fingerprint density at radius 1 is 0.882 bits per heavy atom. The average Bonchev–Trinajstić information content (AvgIpc) is 2.66. The molecule has 0 aliphatic carbocycles. The summed E-state index contributed by atoms with van der Waals surface area (Å²) in [5.41, 5.74) is 2.02. The van der Waals surface area contributed by atoms with Gasteiger partial charge >= 0.3 is 0 Å². The summed E-state index contributed by atoms with van der Waals surface area (Å²) in [4.78, 5) is 2.31. The highest BCUT2D eigenvalue weighted by Gasteiger charge is 2.11. The van der Waals surface area contributed by atoms with Crippen molar-refractivity contribution in [2.45, 2.75) is 25.7 Å². The third-order valence-electron chi connectivity index (χ3n) is 3.22. The van der Waals surface area contributed by atoms with Gasteiger partial charge in [0.05, 0.1) is 11.1 Å². The van der Waals surface area contributed by atoms with E-state index < -0.39 is 0 Å². The molecule has 17 heavy (non-hydrogen) atoms. The van der Waals surface area contributed by atoms with Crippen LogP contribution in [0.15, 0.2) is 18.2 Å². The van der Waals surface area contributed by atoms with E-state index in [0.29, 0.717) is 11.1 Å². The van der Waals surface area contributed by atoms with Gasteiger partial charge in [-0.15, -0.1) is 0 Å². The number of benzene rings is 1. The fraction of sp³-hybridized carbons (Fsp3) is 0.429. The zero-order valence-corrected chi connectivity index (χ0v) is 9.82. The molecular formula is C14H15N3. The van der Waals surface area contributed by atoms with Gasteiger partial charge in [-0.3, -0.25) is 0 Å². The van der Waals surface area contributed by atoms with Gasteiger partial charge in [-0.1, -0.05) is 12.8 Å². The van der Waals surface area contributed by atoms with Crippen molar-refractivity contribution in [1.82, 2.24) is 0 Å². The smallest absolute Gasteiger partial charge is 0.101 e. The van der Waals surface area contributed by atoms with Crippen LogP contribution in [0.4, 0.5) is 5.69 Å². The number of hydrogen-bond acceptors (Lipinski definition) is 3. The minimum absolute atomic E-state index is 0.464. The Morgan fingerprint density at radius 3 is 2.12 bits per heavy atom. The van der Waals surface area contributed by atoms with Crippen LogP contribution in [0.5, 0.6) is 0 Å². The van der Waals surface area contributed by atoms with Gasteiger partial charge in [0.1, 0.15) is 12.1 Å². The summed E-state index contributed by atoms with van der Waals surface area (Å²) in [6.45, 7) is 2.10. The summed E-state index contributed by atoms with van der Waals surface area (Å²) in [6.07, 6.45) is 5.00. The number of anilines is 1. The minimum atomic E-state index is 0.464. The maximum Gasteiger partial charge on any atom is 0.101 e. The number of hydrogen-bond donors (Lipinski definition) is 0. The molecule has 1 heterocycles. The van der Waals surface area contributed by atoms with Gasteiger partial charge in [0.2, 0.25) is 0 Å². The molecule has 0 unspecified atom stereocenters. The number of nitrogens with zero attached hydrogens (tertiary/aromatic N) is 3. The lowest BCUT2D eigenvalue weighted by Crippen LogP contribution is -2.23. The first kappa shape index (κ1) is 11.5. The van der Waals surface area contributed by atoms with Crippen LogP contribution in [0.3, 0.4) is 0 Å². The number of nitriles is 2. The zero-order chi connectivity index (χ0) is 12.1. The van der Waals surface area contributed by atoms with E-state index in [1.54, 1.807) is 6.07 Å². The predicted octanol–water partition coefficient (Wildman–Crippen LogP) is 2.81. The lowest BCUT2D eigenvalue weighted by molar-refractivity contribution is 0.726. The number of rotatable bonds is 1. The molecule has 0 bridgehead atoms. The second-order valence-corrected chi connectivity index (χ2v) is 4.35. The van der Waals surface area contributed by atoms with E-state index >= 15 is 0 Å². The summed E-state index contributed by atoms with van der Waals surface area (Å²) in [5, 5.41) is 17.9. The third kappa shape index (κ3) is 2.57. The highest BCUT2D eigenvalue weighted by molar-refractivity contribution is 5.57. The first-order chi connectivity index (χ1) is 8.35. The monoisotopic (exact) mass is 225 g/mol. The van der Waals surface area contributed by atoms with Crippen molar-refractivity contribution in [3.8, 4) is 12.1 Å². The minimum Gasteiger partial charge on any atom is -0.371 e. The molecule has 0 amide bonds. The van der Waals surface area contributed by atoms with E-state index in [1.807, 2.05) is 18.2 Å². The van der Waals surface area contributed by atoms with Gasteiger partial charge in [-0.25, -0.2) is 0 Å². The standard InChI is InChI=1S/C14H15N3/c15-10-12-5-6-14(9-13(12)11-16)17-7-3-1-2-4-8-17/h5-6,9H,1-4,7-8H2. The molecule has 86 valence electrons. The lowest BCUT2D eigenvalue weighted by atomic mass is 10.1. The van der Waals surface area contributed by atoms with Gasteiger partial charge in [-0.2, -0.15) is 10.5 Å². The third-order valence-corrected chi connectivity index (χ3v) is 3.22. The van der Waals surface area contributed by atoms with Crippen molar-refractivity contribution in [2.75, 3.05) is 18.0 Å². The van der Waals surface area contributed by atoms with Gasteiger partial charge in [0, 0.05) is 18.8 Å². The van der Waals surface area contributed by atoms with Gasteiger partial charge in [0.15, 0.2) is 0 Å². The SMILES string of the molecule is N#Cc1ccc(N2CCCCCC2)cc1C#N. The lowest BCUT2D eigenvalue weighted by Gasteiger charge is -2.22. The molecule has 1 aliphatic heterocycles. The molecule has 1 fully saturated rings. The predicted molar refractivity (Wildman–Crippen MR) is 66.6 cm³/mol. The Kier molecular flexibility index (Phi) is 3.62. The van der Waals surface area contributed by atoms with Crippen molar-refractivity contribution >= 4 is 5.69 Å². The first-order valence-corrected chi connectivity index (χ1v) is 6.04. The van der Waals surface area contributed by atoms with E-state index in [1.165, 1.54) is 25.7 Å². The van der Waals surface area contributed by atoms with E-state index in [-0.39, 0.29) is 0 Å². The van der Waals surface area contributed by atoms with Crippen LogP contribution in [0, 0.1) is 22.7 Å². The van der Waals surface area contributed by atoms with E-state index in [9.17, 15) is 0 Å². The maximum absolute atomic E-state index is 9.01. The molecule has 0 spiro atoms. The Morgan fingerprint density at radius 2 is 1.53 bits per heavy atom. The van der Waals surface area contributed by atoms with E-state index in [0.717, 1.165) is 18.8 Å². The van der Waals surface area contributed by atoms with Gasteiger partial charge < -0.3 is 4.90 Å². The Balaban J connectivity index is 2.27. The molecular weight excluding hydrogens is 210 g/mol. The van der Waals surface area contributed by atoms with Crippen molar-refractivity contribution in [3.05, 3.63) is 29.3 Å². The Bertz CT molecular complexity index is 471. The van der Waals surface area contributed by atoms with Crippen LogP contribution in [-0.4, -0.2) is 13.1 Å². The van der Waals surface area contributed by atoms with Crippen molar-refractivity contribution in [3.63, 3.8) is 0 Å².